The number of carbonyl (C=O) groups excluding carboxylic acids is 2. The van der Waals surface area contributed by atoms with E-state index in [0.29, 0.717) is 12.2 Å². The highest BCUT2D eigenvalue weighted by Crippen LogP contribution is 2.29. The van der Waals surface area contributed by atoms with E-state index < -0.39 is 10.7 Å². The van der Waals surface area contributed by atoms with E-state index in [1.165, 1.54) is 12.1 Å². The van der Waals surface area contributed by atoms with Gasteiger partial charge in [0.2, 0.25) is 0 Å². The van der Waals surface area contributed by atoms with Crippen molar-refractivity contribution in [1.82, 2.24) is 10.3 Å². The number of nitro benzene ring substituents is 1. The number of nitrogens with one attached hydrogen (secondary N) is 1. The standard InChI is InChI=1S/C24H26N4O4S/c1-16-15-33-22(26-16)10-6-7-13-25-24(30)19-9-5-4-8-18(19)23(29)17-11-12-20(27(2)3)21(14-17)28(31)32/h4-5,8-9,11-12,14-15H,6-7,10,13H2,1-3H3,(H,25,30). The van der Waals surface area contributed by atoms with Crippen molar-refractivity contribution in [1.29, 1.82) is 0 Å². The van der Waals surface area contributed by atoms with Gasteiger partial charge in [-0.1, -0.05) is 18.2 Å². The molecule has 0 bridgehead atoms. The molecule has 172 valence electrons. The number of nitrogens with zero attached hydrogens (tertiary/aromatic N) is 3. The summed E-state index contributed by atoms with van der Waals surface area (Å²) >= 11 is 1.64. The van der Waals surface area contributed by atoms with Gasteiger partial charge in [0.05, 0.1) is 15.5 Å². The van der Waals surface area contributed by atoms with E-state index in [4.69, 9.17) is 0 Å². The summed E-state index contributed by atoms with van der Waals surface area (Å²) in [4.78, 5) is 42.9. The molecule has 3 aromatic rings. The highest BCUT2D eigenvalue weighted by atomic mass is 32.1. The topological polar surface area (TPSA) is 105 Å². The van der Waals surface area contributed by atoms with Crippen LogP contribution in [-0.4, -0.2) is 42.2 Å². The lowest BCUT2D eigenvalue weighted by Gasteiger charge is -2.14. The van der Waals surface area contributed by atoms with Gasteiger partial charge in [-0.2, -0.15) is 0 Å². The van der Waals surface area contributed by atoms with Gasteiger partial charge in [-0.05, 0) is 44.4 Å². The maximum absolute atomic E-state index is 13.1. The van der Waals surface area contributed by atoms with Gasteiger partial charge < -0.3 is 10.2 Å². The summed E-state index contributed by atoms with van der Waals surface area (Å²) in [5, 5.41) is 17.5. The molecule has 1 N–H and O–H groups in total. The molecule has 1 aromatic heterocycles. The van der Waals surface area contributed by atoms with Gasteiger partial charge in [0.15, 0.2) is 5.78 Å². The third-order valence-corrected chi connectivity index (χ3v) is 6.13. The van der Waals surface area contributed by atoms with Gasteiger partial charge in [-0.25, -0.2) is 4.98 Å². The molecule has 1 heterocycles. The number of thiazole rings is 1. The van der Waals surface area contributed by atoms with Gasteiger partial charge in [-0.3, -0.25) is 19.7 Å². The molecule has 8 nitrogen and oxygen atoms in total. The summed E-state index contributed by atoms with van der Waals surface area (Å²) in [6.07, 6.45) is 2.56. The molecule has 0 aliphatic heterocycles. The van der Waals surface area contributed by atoms with Crippen LogP contribution in [0.1, 0.15) is 49.8 Å². The molecule has 0 aliphatic rings. The second-order valence-corrected chi connectivity index (χ2v) is 8.77. The summed E-state index contributed by atoms with van der Waals surface area (Å²) in [6.45, 7) is 2.45. The first-order valence-electron chi connectivity index (χ1n) is 10.6. The summed E-state index contributed by atoms with van der Waals surface area (Å²) < 4.78 is 0. The van der Waals surface area contributed by atoms with Gasteiger partial charge in [0.1, 0.15) is 5.69 Å². The van der Waals surface area contributed by atoms with Crippen LogP contribution in [0.5, 0.6) is 0 Å². The third kappa shape index (κ3) is 6.01. The Balaban J connectivity index is 1.69. The number of aryl methyl sites for hydroxylation is 2. The lowest BCUT2D eigenvalue weighted by atomic mass is 9.97. The molecule has 2 aromatic carbocycles. The number of anilines is 1. The smallest absolute Gasteiger partial charge is 0.293 e. The van der Waals surface area contributed by atoms with Crippen molar-refractivity contribution in [2.75, 3.05) is 25.5 Å². The monoisotopic (exact) mass is 466 g/mol. The van der Waals surface area contributed by atoms with Crippen molar-refractivity contribution in [2.45, 2.75) is 26.2 Å². The van der Waals surface area contributed by atoms with Gasteiger partial charge in [0, 0.05) is 48.9 Å². The summed E-state index contributed by atoms with van der Waals surface area (Å²) in [5.41, 5.74) is 1.87. The van der Waals surface area contributed by atoms with E-state index in [-0.39, 0.29) is 28.3 Å². The molecular weight excluding hydrogens is 440 g/mol. The molecule has 0 spiro atoms. The number of nitro groups is 1. The van der Waals surface area contributed by atoms with Crippen LogP contribution in [0.2, 0.25) is 0 Å². The van der Waals surface area contributed by atoms with Crippen molar-refractivity contribution >= 4 is 34.4 Å². The fourth-order valence-corrected chi connectivity index (χ4v) is 4.26. The fourth-order valence-electron chi connectivity index (χ4n) is 3.44. The molecule has 1 amide bonds. The number of unbranched alkanes of at least 4 members (excludes halogenated alkanes) is 1. The quantitative estimate of drug-likeness (QED) is 0.205. The van der Waals surface area contributed by atoms with Gasteiger partial charge in [-0.15, -0.1) is 11.3 Å². The predicted molar refractivity (Wildman–Crippen MR) is 129 cm³/mol. The Labute approximate surface area is 196 Å². The van der Waals surface area contributed by atoms with E-state index in [1.807, 2.05) is 12.3 Å². The molecule has 3 rings (SSSR count). The van der Waals surface area contributed by atoms with Crippen LogP contribution in [0.15, 0.2) is 47.8 Å². The Hall–Kier alpha value is -3.59. The average molecular weight is 467 g/mol. The Kier molecular flexibility index (Phi) is 7.89. The van der Waals surface area contributed by atoms with E-state index in [2.05, 4.69) is 10.3 Å². The second-order valence-electron chi connectivity index (χ2n) is 7.83. The van der Waals surface area contributed by atoms with Crippen LogP contribution >= 0.6 is 11.3 Å². The van der Waals surface area contributed by atoms with Crippen molar-refractivity contribution in [3.8, 4) is 0 Å². The van der Waals surface area contributed by atoms with E-state index in [1.54, 1.807) is 60.7 Å². The minimum Gasteiger partial charge on any atom is -0.372 e. The lowest BCUT2D eigenvalue weighted by Crippen LogP contribution is -2.26. The van der Waals surface area contributed by atoms with E-state index in [9.17, 15) is 19.7 Å². The Bertz CT molecular complexity index is 1170. The molecule has 0 saturated heterocycles. The van der Waals surface area contributed by atoms with Crippen molar-refractivity contribution in [3.05, 3.63) is 85.4 Å². The molecule has 0 radical (unpaired) electrons. The normalized spacial score (nSPS) is 10.6. The SMILES string of the molecule is Cc1csc(CCCCNC(=O)c2ccccc2C(=O)c2ccc(N(C)C)c([N+](=O)[O-])c2)n1. The second kappa shape index (κ2) is 10.8. The summed E-state index contributed by atoms with van der Waals surface area (Å²) in [7, 11) is 3.39. The first kappa shape index (κ1) is 24.1. The Morgan fingerprint density at radius 3 is 2.48 bits per heavy atom. The van der Waals surface area contributed by atoms with Crippen molar-refractivity contribution in [2.24, 2.45) is 0 Å². The van der Waals surface area contributed by atoms with Crippen molar-refractivity contribution in [3.63, 3.8) is 0 Å². The maximum Gasteiger partial charge on any atom is 0.293 e. The zero-order valence-corrected chi connectivity index (χ0v) is 19.6. The van der Waals surface area contributed by atoms with E-state index >= 15 is 0 Å². The van der Waals surface area contributed by atoms with Crippen LogP contribution in [0.4, 0.5) is 11.4 Å². The molecule has 0 aliphatic carbocycles. The van der Waals surface area contributed by atoms with E-state index in [0.717, 1.165) is 30.0 Å². The van der Waals surface area contributed by atoms with Crippen LogP contribution in [0.3, 0.4) is 0 Å². The minimum absolute atomic E-state index is 0.159. The number of rotatable bonds is 10. The fraction of sp³-hybridized carbons (Fsp3) is 0.292. The zero-order valence-electron chi connectivity index (χ0n) is 18.8. The first-order valence-corrected chi connectivity index (χ1v) is 11.4. The Morgan fingerprint density at radius 2 is 1.85 bits per heavy atom. The van der Waals surface area contributed by atoms with Crippen molar-refractivity contribution < 1.29 is 14.5 Å². The molecule has 0 unspecified atom stereocenters. The molecule has 0 atom stereocenters. The number of hydrogen-bond acceptors (Lipinski definition) is 7. The minimum atomic E-state index is -0.516. The molecular formula is C24H26N4O4S. The largest absolute Gasteiger partial charge is 0.372 e. The number of amides is 1. The molecule has 0 saturated carbocycles. The van der Waals surface area contributed by atoms with Crippen LogP contribution < -0.4 is 10.2 Å². The number of aromatic nitrogens is 1. The number of carbonyl (C=O) groups is 2. The van der Waals surface area contributed by atoms with Gasteiger partial charge >= 0.3 is 0 Å². The summed E-state index contributed by atoms with van der Waals surface area (Å²) in [6, 6.07) is 10.8. The molecule has 33 heavy (non-hydrogen) atoms. The number of ketones is 1. The lowest BCUT2D eigenvalue weighted by molar-refractivity contribution is -0.384. The first-order chi connectivity index (χ1) is 15.8. The highest BCUT2D eigenvalue weighted by molar-refractivity contribution is 7.09. The average Bonchev–Trinajstić information content (AvgIpc) is 3.22. The molecule has 9 heteroatoms. The Morgan fingerprint density at radius 1 is 1.12 bits per heavy atom. The zero-order chi connectivity index (χ0) is 24.0. The van der Waals surface area contributed by atoms with Crippen LogP contribution in [0.25, 0.3) is 0 Å². The highest BCUT2D eigenvalue weighted by Gasteiger charge is 2.22. The predicted octanol–water partition coefficient (Wildman–Crippen LogP) is 4.41. The van der Waals surface area contributed by atoms with Crippen LogP contribution in [-0.2, 0) is 6.42 Å². The third-order valence-electron chi connectivity index (χ3n) is 5.10. The number of hydrogen-bond donors (Lipinski definition) is 1. The van der Waals surface area contributed by atoms with Gasteiger partial charge in [0.25, 0.3) is 11.6 Å². The molecule has 0 fully saturated rings. The number of benzene rings is 2. The van der Waals surface area contributed by atoms with Crippen LogP contribution in [0, 0.1) is 17.0 Å². The summed E-state index contributed by atoms with van der Waals surface area (Å²) in [5.74, 6) is -0.781. The maximum atomic E-state index is 13.1.